The molecule has 3 rings (SSSR count). The standard InChI is InChI=1S/C17H20FN3O3/c1-20(8-12-3-4-16(23-2)14(18)7-12)17(22)10-21-9-13-11-24-6-5-15(13)19-21/h3-4,7,9H,5-6,8,10-11H2,1-2H3. The lowest BCUT2D eigenvalue weighted by atomic mass is 10.2. The molecule has 0 saturated heterocycles. The summed E-state index contributed by atoms with van der Waals surface area (Å²) in [5.41, 5.74) is 2.74. The van der Waals surface area contributed by atoms with E-state index in [4.69, 9.17) is 9.47 Å². The molecule has 0 atom stereocenters. The van der Waals surface area contributed by atoms with Gasteiger partial charge in [0.1, 0.15) is 6.54 Å². The maximum absolute atomic E-state index is 13.7. The Labute approximate surface area is 139 Å². The Morgan fingerprint density at radius 2 is 2.33 bits per heavy atom. The highest BCUT2D eigenvalue weighted by atomic mass is 19.1. The van der Waals surface area contributed by atoms with E-state index in [-0.39, 0.29) is 18.2 Å². The van der Waals surface area contributed by atoms with Crippen molar-refractivity contribution in [3.63, 3.8) is 0 Å². The van der Waals surface area contributed by atoms with E-state index >= 15 is 0 Å². The first-order valence-corrected chi connectivity index (χ1v) is 7.76. The minimum absolute atomic E-state index is 0.0907. The predicted molar refractivity (Wildman–Crippen MR) is 85.0 cm³/mol. The summed E-state index contributed by atoms with van der Waals surface area (Å²) in [7, 11) is 3.11. The first-order chi connectivity index (χ1) is 11.6. The second kappa shape index (κ2) is 7.00. The van der Waals surface area contributed by atoms with Crippen molar-refractivity contribution in [2.45, 2.75) is 26.1 Å². The number of ether oxygens (including phenoxy) is 2. The molecule has 0 bridgehead atoms. The van der Waals surface area contributed by atoms with Gasteiger partial charge in [-0.2, -0.15) is 5.10 Å². The molecule has 7 heteroatoms. The van der Waals surface area contributed by atoms with Crippen LogP contribution in [0, 0.1) is 5.82 Å². The third kappa shape index (κ3) is 3.56. The smallest absolute Gasteiger partial charge is 0.244 e. The number of fused-ring (bicyclic) bond motifs is 1. The average molecular weight is 333 g/mol. The van der Waals surface area contributed by atoms with Crippen LogP contribution in [0.2, 0.25) is 0 Å². The van der Waals surface area contributed by atoms with Crippen LogP contribution >= 0.6 is 0 Å². The van der Waals surface area contributed by atoms with Gasteiger partial charge in [-0.1, -0.05) is 6.07 Å². The van der Waals surface area contributed by atoms with Gasteiger partial charge >= 0.3 is 0 Å². The second-order valence-corrected chi connectivity index (χ2v) is 5.82. The van der Waals surface area contributed by atoms with Gasteiger partial charge in [0, 0.05) is 31.8 Å². The number of hydrogen-bond donors (Lipinski definition) is 0. The third-order valence-electron chi connectivity index (χ3n) is 4.02. The molecule has 24 heavy (non-hydrogen) atoms. The van der Waals surface area contributed by atoms with Gasteiger partial charge in [0.15, 0.2) is 11.6 Å². The van der Waals surface area contributed by atoms with Crippen molar-refractivity contribution in [1.29, 1.82) is 0 Å². The molecule has 2 aromatic rings. The molecule has 0 fully saturated rings. The Morgan fingerprint density at radius 3 is 3.04 bits per heavy atom. The van der Waals surface area contributed by atoms with E-state index in [0.717, 1.165) is 17.7 Å². The number of methoxy groups -OCH3 is 1. The number of halogens is 1. The zero-order valence-electron chi connectivity index (χ0n) is 13.8. The maximum Gasteiger partial charge on any atom is 0.244 e. The van der Waals surface area contributed by atoms with E-state index < -0.39 is 5.82 Å². The number of rotatable bonds is 5. The van der Waals surface area contributed by atoms with Crippen molar-refractivity contribution in [2.75, 3.05) is 20.8 Å². The zero-order chi connectivity index (χ0) is 17.1. The molecule has 1 aliphatic rings. The Morgan fingerprint density at radius 1 is 1.50 bits per heavy atom. The average Bonchev–Trinajstić information content (AvgIpc) is 2.97. The first kappa shape index (κ1) is 16.4. The van der Waals surface area contributed by atoms with Crippen LogP contribution in [-0.2, 0) is 35.6 Å². The van der Waals surface area contributed by atoms with Crippen LogP contribution in [0.3, 0.4) is 0 Å². The number of aromatic nitrogens is 2. The molecule has 1 amide bonds. The lowest BCUT2D eigenvalue weighted by Gasteiger charge is -2.17. The maximum atomic E-state index is 13.7. The van der Waals surface area contributed by atoms with Crippen LogP contribution in [-0.4, -0.2) is 41.4 Å². The molecular formula is C17H20FN3O3. The monoisotopic (exact) mass is 333 g/mol. The van der Waals surface area contributed by atoms with Crippen LogP contribution < -0.4 is 4.74 Å². The summed E-state index contributed by atoms with van der Waals surface area (Å²) in [6.07, 6.45) is 2.63. The van der Waals surface area contributed by atoms with E-state index in [2.05, 4.69) is 5.10 Å². The molecule has 128 valence electrons. The topological polar surface area (TPSA) is 56.6 Å². The molecule has 0 N–H and O–H groups in total. The zero-order valence-corrected chi connectivity index (χ0v) is 13.8. The summed E-state index contributed by atoms with van der Waals surface area (Å²) < 4.78 is 25.6. The van der Waals surface area contributed by atoms with Crippen LogP contribution in [0.25, 0.3) is 0 Å². The second-order valence-electron chi connectivity index (χ2n) is 5.82. The normalized spacial score (nSPS) is 13.5. The van der Waals surface area contributed by atoms with Crippen molar-refractivity contribution in [3.05, 3.63) is 47.0 Å². The molecule has 0 aliphatic carbocycles. The third-order valence-corrected chi connectivity index (χ3v) is 4.02. The van der Waals surface area contributed by atoms with Gasteiger partial charge in [0.25, 0.3) is 0 Å². The quantitative estimate of drug-likeness (QED) is 0.837. The van der Waals surface area contributed by atoms with Crippen LogP contribution in [0.1, 0.15) is 16.8 Å². The van der Waals surface area contributed by atoms with Gasteiger partial charge in [-0.05, 0) is 17.7 Å². The number of likely N-dealkylation sites (N-methyl/N-ethyl adjacent to an activating group) is 1. The number of carbonyl (C=O) groups is 1. The van der Waals surface area contributed by atoms with Gasteiger partial charge in [0.2, 0.25) is 5.91 Å². The number of amides is 1. The summed E-state index contributed by atoms with van der Waals surface area (Å²) in [6.45, 7) is 1.69. The van der Waals surface area contributed by atoms with E-state index in [0.29, 0.717) is 25.3 Å². The first-order valence-electron chi connectivity index (χ1n) is 7.76. The Hall–Kier alpha value is -2.41. The van der Waals surface area contributed by atoms with Gasteiger partial charge in [0.05, 0.1) is 26.0 Å². The van der Waals surface area contributed by atoms with E-state index in [1.54, 1.807) is 28.8 Å². The number of hydrogen-bond acceptors (Lipinski definition) is 4. The SMILES string of the molecule is COc1ccc(CN(C)C(=O)Cn2cc3c(n2)CCOC3)cc1F. The lowest BCUT2D eigenvalue weighted by Crippen LogP contribution is -2.30. The largest absolute Gasteiger partial charge is 0.494 e. The van der Waals surface area contributed by atoms with Crippen molar-refractivity contribution < 1.29 is 18.7 Å². The predicted octanol–water partition coefficient (Wildman–Crippen LogP) is 1.76. The molecule has 1 aliphatic heterocycles. The fraction of sp³-hybridized carbons (Fsp3) is 0.412. The van der Waals surface area contributed by atoms with Crippen LogP contribution in [0.4, 0.5) is 4.39 Å². The van der Waals surface area contributed by atoms with Crippen molar-refractivity contribution in [3.8, 4) is 5.75 Å². The van der Waals surface area contributed by atoms with Crippen LogP contribution in [0.5, 0.6) is 5.75 Å². The van der Waals surface area contributed by atoms with Gasteiger partial charge in [-0.25, -0.2) is 4.39 Å². The minimum atomic E-state index is -0.435. The van der Waals surface area contributed by atoms with Crippen molar-refractivity contribution in [1.82, 2.24) is 14.7 Å². The summed E-state index contributed by atoms with van der Waals surface area (Å²) in [5, 5.41) is 4.43. The number of nitrogens with zero attached hydrogens (tertiary/aromatic N) is 3. The summed E-state index contributed by atoms with van der Waals surface area (Å²) in [4.78, 5) is 13.9. The Bertz CT molecular complexity index is 721. The Balaban J connectivity index is 1.62. The summed E-state index contributed by atoms with van der Waals surface area (Å²) in [5.74, 6) is -0.334. The van der Waals surface area contributed by atoms with Crippen molar-refractivity contribution >= 4 is 5.91 Å². The van der Waals surface area contributed by atoms with E-state index in [1.165, 1.54) is 13.2 Å². The molecule has 0 saturated carbocycles. The highest BCUT2D eigenvalue weighted by molar-refractivity contribution is 5.75. The lowest BCUT2D eigenvalue weighted by molar-refractivity contribution is -0.131. The molecule has 1 aromatic heterocycles. The highest BCUT2D eigenvalue weighted by Crippen LogP contribution is 2.19. The molecule has 6 nitrogen and oxygen atoms in total. The molecule has 0 spiro atoms. The molecule has 0 unspecified atom stereocenters. The minimum Gasteiger partial charge on any atom is -0.494 e. The van der Waals surface area contributed by atoms with Gasteiger partial charge in [-0.3, -0.25) is 9.48 Å². The number of benzene rings is 1. The number of carbonyl (C=O) groups excluding carboxylic acids is 1. The van der Waals surface area contributed by atoms with Crippen LogP contribution in [0.15, 0.2) is 24.4 Å². The highest BCUT2D eigenvalue weighted by Gasteiger charge is 2.17. The molecule has 0 radical (unpaired) electrons. The van der Waals surface area contributed by atoms with Crippen molar-refractivity contribution in [2.24, 2.45) is 0 Å². The molecule has 2 heterocycles. The fourth-order valence-corrected chi connectivity index (χ4v) is 2.70. The Kier molecular flexibility index (Phi) is 4.80. The summed E-state index contributed by atoms with van der Waals surface area (Å²) in [6, 6.07) is 4.69. The van der Waals surface area contributed by atoms with Gasteiger partial charge in [-0.15, -0.1) is 0 Å². The van der Waals surface area contributed by atoms with E-state index in [1.807, 2.05) is 6.20 Å². The summed E-state index contributed by atoms with van der Waals surface area (Å²) >= 11 is 0. The molecular weight excluding hydrogens is 313 g/mol. The molecule has 1 aromatic carbocycles. The van der Waals surface area contributed by atoms with E-state index in [9.17, 15) is 9.18 Å². The fourth-order valence-electron chi connectivity index (χ4n) is 2.70. The van der Waals surface area contributed by atoms with Gasteiger partial charge < -0.3 is 14.4 Å².